The fraction of sp³-hybridized carbons (Fsp3) is 0.312. The Balaban J connectivity index is 1.56. The maximum absolute atomic E-state index is 12.4. The second-order valence-corrected chi connectivity index (χ2v) is 5.45. The quantitative estimate of drug-likeness (QED) is 0.638. The van der Waals surface area contributed by atoms with Crippen LogP contribution in [0.25, 0.3) is 0 Å². The molecule has 2 aromatic rings. The van der Waals surface area contributed by atoms with E-state index in [0.29, 0.717) is 18.7 Å². The van der Waals surface area contributed by atoms with Crippen molar-refractivity contribution >= 4 is 11.6 Å². The van der Waals surface area contributed by atoms with E-state index < -0.39 is 4.92 Å². The molecule has 0 unspecified atom stereocenters. The molecule has 0 spiro atoms. The number of nitrogens with zero attached hydrogens (tertiary/aromatic N) is 3. The van der Waals surface area contributed by atoms with Gasteiger partial charge in [-0.25, -0.2) is 0 Å². The van der Waals surface area contributed by atoms with Gasteiger partial charge in [-0.3, -0.25) is 19.8 Å². The molecule has 0 N–H and O–H groups in total. The third-order valence-electron chi connectivity index (χ3n) is 3.94. The predicted molar refractivity (Wildman–Crippen MR) is 83.0 cm³/mol. The van der Waals surface area contributed by atoms with Crippen LogP contribution in [0.1, 0.15) is 16.1 Å². The zero-order chi connectivity index (χ0) is 16.2. The van der Waals surface area contributed by atoms with Crippen LogP contribution >= 0.6 is 0 Å². The van der Waals surface area contributed by atoms with E-state index in [0.717, 1.165) is 25.4 Å². The molecule has 1 aromatic heterocycles. The number of benzene rings is 1. The maximum atomic E-state index is 12.4. The van der Waals surface area contributed by atoms with Crippen LogP contribution in [-0.4, -0.2) is 46.8 Å². The first-order valence-corrected chi connectivity index (χ1v) is 7.42. The zero-order valence-electron chi connectivity index (χ0n) is 12.6. The standard InChI is InChI=1S/C16H17N3O4/c20-16(13-3-5-14(6-4-13)19(21)22)18-9-7-17(8-10-18)12-15-2-1-11-23-15/h1-6,11H,7-10,12H2. The lowest BCUT2D eigenvalue weighted by molar-refractivity contribution is -0.384. The third kappa shape index (κ3) is 3.57. The summed E-state index contributed by atoms with van der Waals surface area (Å²) in [4.78, 5) is 26.6. The Morgan fingerprint density at radius 2 is 1.83 bits per heavy atom. The van der Waals surface area contributed by atoms with E-state index in [1.165, 1.54) is 24.3 Å². The predicted octanol–water partition coefficient (Wildman–Crippen LogP) is 2.15. The van der Waals surface area contributed by atoms with Gasteiger partial charge in [-0.1, -0.05) is 0 Å². The summed E-state index contributed by atoms with van der Waals surface area (Å²) in [5.41, 5.74) is 0.472. The molecule has 0 radical (unpaired) electrons. The van der Waals surface area contributed by atoms with Crippen LogP contribution < -0.4 is 0 Å². The number of amides is 1. The monoisotopic (exact) mass is 315 g/mol. The highest BCUT2D eigenvalue weighted by atomic mass is 16.6. The van der Waals surface area contributed by atoms with Crippen molar-refractivity contribution < 1.29 is 14.1 Å². The smallest absolute Gasteiger partial charge is 0.269 e. The molecule has 1 aliphatic rings. The molecule has 2 heterocycles. The lowest BCUT2D eigenvalue weighted by Gasteiger charge is -2.34. The molecule has 1 aliphatic heterocycles. The fourth-order valence-electron chi connectivity index (χ4n) is 2.64. The molecular weight excluding hydrogens is 298 g/mol. The van der Waals surface area contributed by atoms with Crippen LogP contribution in [-0.2, 0) is 6.54 Å². The van der Waals surface area contributed by atoms with Crippen LogP contribution in [0.2, 0.25) is 0 Å². The summed E-state index contributed by atoms with van der Waals surface area (Å²) in [5.74, 6) is 0.831. The highest BCUT2D eigenvalue weighted by Crippen LogP contribution is 2.15. The number of carbonyl (C=O) groups excluding carboxylic acids is 1. The van der Waals surface area contributed by atoms with E-state index in [2.05, 4.69) is 4.90 Å². The van der Waals surface area contributed by atoms with Gasteiger partial charge in [0.15, 0.2) is 0 Å². The van der Waals surface area contributed by atoms with Gasteiger partial charge in [0, 0.05) is 43.9 Å². The Kier molecular flexibility index (Phi) is 4.38. The average molecular weight is 315 g/mol. The molecule has 0 saturated carbocycles. The molecule has 1 fully saturated rings. The topological polar surface area (TPSA) is 79.8 Å². The fourth-order valence-corrected chi connectivity index (χ4v) is 2.64. The van der Waals surface area contributed by atoms with Gasteiger partial charge in [-0.2, -0.15) is 0 Å². The second kappa shape index (κ2) is 6.62. The first-order valence-electron chi connectivity index (χ1n) is 7.42. The summed E-state index contributed by atoms with van der Waals surface area (Å²) in [6.07, 6.45) is 1.66. The number of rotatable bonds is 4. The van der Waals surface area contributed by atoms with Gasteiger partial charge in [-0.05, 0) is 24.3 Å². The normalized spacial score (nSPS) is 15.6. The van der Waals surface area contributed by atoms with Crippen molar-refractivity contribution in [2.75, 3.05) is 26.2 Å². The molecule has 0 bridgehead atoms. The van der Waals surface area contributed by atoms with E-state index in [-0.39, 0.29) is 11.6 Å². The number of carbonyl (C=O) groups is 1. The summed E-state index contributed by atoms with van der Waals surface area (Å²) in [7, 11) is 0. The molecule has 0 aliphatic carbocycles. The lowest BCUT2D eigenvalue weighted by atomic mass is 10.1. The summed E-state index contributed by atoms with van der Waals surface area (Å²) in [5, 5.41) is 10.6. The highest BCUT2D eigenvalue weighted by Gasteiger charge is 2.23. The second-order valence-electron chi connectivity index (χ2n) is 5.45. The Morgan fingerprint density at radius 3 is 2.39 bits per heavy atom. The molecule has 7 nitrogen and oxygen atoms in total. The molecule has 1 aromatic carbocycles. The van der Waals surface area contributed by atoms with Gasteiger partial charge in [-0.15, -0.1) is 0 Å². The summed E-state index contributed by atoms with van der Waals surface area (Å²) < 4.78 is 5.33. The largest absolute Gasteiger partial charge is 0.468 e. The highest BCUT2D eigenvalue weighted by molar-refractivity contribution is 5.94. The first kappa shape index (κ1) is 15.2. The number of piperazine rings is 1. The number of nitro benzene ring substituents is 1. The van der Waals surface area contributed by atoms with Crippen LogP contribution in [0.3, 0.4) is 0 Å². The van der Waals surface area contributed by atoms with Crippen LogP contribution in [0, 0.1) is 10.1 Å². The SMILES string of the molecule is O=C(c1ccc([N+](=O)[O-])cc1)N1CCN(Cc2ccco2)CC1. The lowest BCUT2D eigenvalue weighted by Crippen LogP contribution is -2.48. The van der Waals surface area contributed by atoms with Crippen molar-refractivity contribution in [2.45, 2.75) is 6.54 Å². The van der Waals surface area contributed by atoms with Gasteiger partial charge in [0.25, 0.3) is 11.6 Å². The van der Waals surface area contributed by atoms with Gasteiger partial charge in [0.05, 0.1) is 17.7 Å². The van der Waals surface area contributed by atoms with Gasteiger partial charge < -0.3 is 9.32 Å². The van der Waals surface area contributed by atoms with Crippen molar-refractivity contribution in [3.63, 3.8) is 0 Å². The molecule has 23 heavy (non-hydrogen) atoms. The molecule has 3 rings (SSSR count). The Morgan fingerprint density at radius 1 is 1.13 bits per heavy atom. The van der Waals surface area contributed by atoms with Crippen LogP contribution in [0.15, 0.2) is 47.1 Å². The van der Waals surface area contributed by atoms with Crippen molar-refractivity contribution in [1.82, 2.24) is 9.80 Å². The molecule has 7 heteroatoms. The average Bonchev–Trinajstić information content (AvgIpc) is 3.08. The maximum Gasteiger partial charge on any atom is 0.269 e. The zero-order valence-corrected chi connectivity index (χ0v) is 12.6. The van der Waals surface area contributed by atoms with Gasteiger partial charge in [0.2, 0.25) is 0 Å². The number of hydrogen-bond donors (Lipinski definition) is 0. The molecule has 0 atom stereocenters. The minimum atomic E-state index is -0.471. The minimum Gasteiger partial charge on any atom is -0.468 e. The minimum absolute atomic E-state index is 0.00943. The number of furan rings is 1. The summed E-state index contributed by atoms with van der Waals surface area (Å²) >= 11 is 0. The van der Waals surface area contributed by atoms with Crippen molar-refractivity contribution in [3.05, 3.63) is 64.1 Å². The van der Waals surface area contributed by atoms with Crippen molar-refractivity contribution in [3.8, 4) is 0 Å². The molecule has 120 valence electrons. The Bertz CT molecular complexity index is 674. The van der Waals surface area contributed by atoms with E-state index >= 15 is 0 Å². The van der Waals surface area contributed by atoms with E-state index in [1.54, 1.807) is 11.2 Å². The van der Waals surface area contributed by atoms with E-state index in [9.17, 15) is 14.9 Å². The van der Waals surface area contributed by atoms with Crippen LogP contribution in [0.5, 0.6) is 0 Å². The summed E-state index contributed by atoms with van der Waals surface area (Å²) in [6.45, 7) is 3.57. The first-order chi connectivity index (χ1) is 11.1. The Labute approximate surface area is 133 Å². The van der Waals surface area contributed by atoms with Crippen molar-refractivity contribution in [1.29, 1.82) is 0 Å². The molecule has 1 saturated heterocycles. The van der Waals surface area contributed by atoms with Crippen LogP contribution in [0.4, 0.5) is 5.69 Å². The van der Waals surface area contributed by atoms with Gasteiger partial charge >= 0.3 is 0 Å². The molecular formula is C16H17N3O4. The number of non-ortho nitro benzene ring substituents is 1. The number of nitro groups is 1. The summed E-state index contributed by atoms with van der Waals surface area (Å²) in [6, 6.07) is 9.55. The van der Waals surface area contributed by atoms with Gasteiger partial charge in [0.1, 0.15) is 5.76 Å². The van der Waals surface area contributed by atoms with Crippen molar-refractivity contribution in [2.24, 2.45) is 0 Å². The van der Waals surface area contributed by atoms with E-state index in [1.807, 2.05) is 12.1 Å². The Hall–Kier alpha value is -2.67. The molecule has 1 amide bonds. The third-order valence-corrected chi connectivity index (χ3v) is 3.94. The van der Waals surface area contributed by atoms with E-state index in [4.69, 9.17) is 4.42 Å². The number of hydrogen-bond acceptors (Lipinski definition) is 5.